The molecule has 0 bridgehead atoms. The van der Waals surface area contributed by atoms with E-state index in [-0.39, 0.29) is 25.0 Å². The van der Waals surface area contributed by atoms with Gasteiger partial charge in [0, 0.05) is 24.7 Å². The van der Waals surface area contributed by atoms with E-state index in [0.717, 1.165) is 19.3 Å². The molecule has 150 valence electrons. The largest absolute Gasteiger partial charge is 0.481 e. The highest BCUT2D eigenvalue weighted by Crippen LogP contribution is 2.33. The predicted molar refractivity (Wildman–Crippen MR) is 106 cm³/mol. The van der Waals surface area contributed by atoms with Gasteiger partial charge in [0.1, 0.15) is 5.78 Å². The van der Waals surface area contributed by atoms with Crippen LogP contribution in [0.1, 0.15) is 51.9 Å². The van der Waals surface area contributed by atoms with E-state index < -0.39 is 30.0 Å². The number of rotatable bonds is 12. The summed E-state index contributed by atoms with van der Waals surface area (Å²) in [4.78, 5) is 22.7. The second kappa shape index (κ2) is 13.2. The van der Waals surface area contributed by atoms with Crippen molar-refractivity contribution < 1.29 is 24.9 Å². The fourth-order valence-corrected chi connectivity index (χ4v) is 3.15. The van der Waals surface area contributed by atoms with Gasteiger partial charge in [-0.15, -0.1) is 0 Å². The standard InChI is InChI=1S/C22H32O5/c1-2-3-4-5-6-7-8-9-10-11-17(23)12-13-18-19(14-15-22(26)27)21(25)16-20(18)24/h3-4,6-7,9-10,12-13,17-20,23-24H,2,5,8,11,14-16H2,1H3,(H,26,27)/b4-3-,7-6+,10-9-,13-12+/t17-,18-,19-,20+/m1/s1. The molecule has 0 saturated heterocycles. The second-order valence-electron chi connectivity index (χ2n) is 6.84. The van der Waals surface area contributed by atoms with Gasteiger partial charge in [0.2, 0.25) is 0 Å². The minimum atomic E-state index is -0.951. The molecule has 0 unspecified atom stereocenters. The monoisotopic (exact) mass is 376 g/mol. The summed E-state index contributed by atoms with van der Waals surface area (Å²) in [5.74, 6) is -1.96. The number of aliphatic hydroxyl groups excluding tert-OH is 2. The molecule has 0 aromatic carbocycles. The van der Waals surface area contributed by atoms with E-state index in [4.69, 9.17) is 5.11 Å². The molecule has 3 N–H and O–H groups in total. The number of hydrogen-bond acceptors (Lipinski definition) is 4. The maximum Gasteiger partial charge on any atom is 0.303 e. The fourth-order valence-electron chi connectivity index (χ4n) is 3.15. The van der Waals surface area contributed by atoms with Crippen LogP contribution in [-0.4, -0.2) is 39.3 Å². The summed E-state index contributed by atoms with van der Waals surface area (Å²) in [6, 6.07) is 0. The number of Topliss-reactive ketones (excluding diaryl/α,β-unsaturated/α-hetero) is 1. The van der Waals surface area contributed by atoms with Gasteiger partial charge in [0.05, 0.1) is 12.2 Å². The van der Waals surface area contributed by atoms with Crippen molar-refractivity contribution in [2.75, 3.05) is 0 Å². The molecular weight excluding hydrogens is 344 g/mol. The Kier molecular flexibility index (Phi) is 11.3. The molecule has 1 aliphatic rings. The van der Waals surface area contributed by atoms with Crippen LogP contribution in [0.25, 0.3) is 0 Å². The Labute approximate surface area is 161 Å². The van der Waals surface area contributed by atoms with Crippen LogP contribution in [0.2, 0.25) is 0 Å². The zero-order chi connectivity index (χ0) is 20.1. The van der Waals surface area contributed by atoms with Gasteiger partial charge in [-0.2, -0.15) is 0 Å². The van der Waals surface area contributed by atoms with Crippen molar-refractivity contribution in [2.24, 2.45) is 11.8 Å². The lowest BCUT2D eigenvalue weighted by molar-refractivity contribution is -0.137. The van der Waals surface area contributed by atoms with Crippen molar-refractivity contribution in [3.05, 3.63) is 48.6 Å². The molecule has 0 heterocycles. The van der Waals surface area contributed by atoms with E-state index in [1.54, 1.807) is 12.2 Å². The summed E-state index contributed by atoms with van der Waals surface area (Å²) in [6.45, 7) is 2.10. The molecule has 0 aromatic heterocycles. The van der Waals surface area contributed by atoms with Gasteiger partial charge in [-0.25, -0.2) is 0 Å². The number of ketones is 1. The summed E-state index contributed by atoms with van der Waals surface area (Å²) in [6.07, 6.45) is 17.5. The first-order valence-electron chi connectivity index (χ1n) is 9.69. The molecule has 1 aliphatic carbocycles. The van der Waals surface area contributed by atoms with E-state index in [0.29, 0.717) is 6.42 Å². The molecule has 0 amide bonds. The lowest BCUT2D eigenvalue weighted by Crippen LogP contribution is -2.20. The van der Waals surface area contributed by atoms with Gasteiger partial charge in [0.15, 0.2) is 0 Å². The van der Waals surface area contributed by atoms with Crippen LogP contribution in [0.15, 0.2) is 48.6 Å². The first-order chi connectivity index (χ1) is 13.0. The number of hydrogen-bond donors (Lipinski definition) is 3. The molecule has 27 heavy (non-hydrogen) atoms. The summed E-state index contributed by atoms with van der Waals surface area (Å²) >= 11 is 0. The van der Waals surface area contributed by atoms with E-state index in [1.807, 2.05) is 12.2 Å². The molecule has 0 radical (unpaired) electrons. The van der Waals surface area contributed by atoms with Crippen molar-refractivity contribution in [1.29, 1.82) is 0 Å². The Balaban J connectivity index is 2.40. The third-order valence-corrected chi connectivity index (χ3v) is 4.62. The number of carbonyl (C=O) groups excluding carboxylic acids is 1. The van der Waals surface area contributed by atoms with Crippen LogP contribution in [0.5, 0.6) is 0 Å². The minimum Gasteiger partial charge on any atom is -0.481 e. The topological polar surface area (TPSA) is 94.8 Å². The average Bonchev–Trinajstić information content (AvgIpc) is 2.89. The predicted octanol–water partition coefficient (Wildman–Crippen LogP) is 3.58. The number of carboxylic acid groups (broad SMARTS) is 1. The number of aliphatic hydroxyl groups is 2. The molecule has 0 spiro atoms. The lowest BCUT2D eigenvalue weighted by atomic mass is 9.89. The van der Waals surface area contributed by atoms with E-state index in [2.05, 4.69) is 31.2 Å². The highest BCUT2D eigenvalue weighted by atomic mass is 16.4. The number of carboxylic acids is 1. The molecule has 0 aromatic rings. The first kappa shape index (κ1) is 23.1. The van der Waals surface area contributed by atoms with Crippen LogP contribution in [-0.2, 0) is 9.59 Å². The summed E-state index contributed by atoms with van der Waals surface area (Å²) in [7, 11) is 0. The SMILES string of the molecule is CC/C=C\C/C=C/C/C=C\C[C@@H](O)/C=C/[C@H]1[C@@H](O)CC(=O)[C@@H]1CCC(=O)O. The molecule has 5 heteroatoms. The van der Waals surface area contributed by atoms with Crippen LogP contribution in [0, 0.1) is 11.8 Å². The fraction of sp³-hybridized carbons (Fsp3) is 0.545. The van der Waals surface area contributed by atoms with E-state index in [9.17, 15) is 19.8 Å². The van der Waals surface area contributed by atoms with Gasteiger partial charge >= 0.3 is 5.97 Å². The van der Waals surface area contributed by atoms with Crippen LogP contribution in [0.4, 0.5) is 0 Å². The van der Waals surface area contributed by atoms with Gasteiger partial charge in [-0.3, -0.25) is 9.59 Å². The van der Waals surface area contributed by atoms with Gasteiger partial charge in [-0.05, 0) is 32.1 Å². The second-order valence-corrected chi connectivity index (χ2v) is 6.84. The molecule has 5 nitrogen and oxygen atoms in total. The number of carbonyl (C=O) groups is 2. The Bertz CT molecular complexity index is 573. The zero-order valence-corrected chi connectivity index (χ0v) is 16.0. The van der Waals surface area contributed by atoms with Gasteiger partial charge < -0.3 is 15.3 Å². The molecule has 0 aliphatic heterocycles. The van der Waals surface area contributed by atoms with Crippen LogP contribution < -0.4 is 0 Å². The summed E-state index contributed by atoms with van der Waals surface area (Å²) < 4.78 is 0. The van der Waals surface area contributed by atoms with Gasteiger partial charge in [0.25, 0.3) is 0 Å². The van der Waals surface area contributed by atoms with Crippen molar-refractivity contribution in [3.63, 3.8) is 0 Å². The lowest BCUT2D eigenvalue weighted by Gasteiger charge is -2.17. The number of allylic oxidation sites excluding steroid dienone is 5. The van der Waals surface area contributed by atoms with Crippen LogP contribution >= 0.6 is 0 Å². The molecule has 1 fully saturated rings. The van der Waals surface area contributed by atoms with Crippen molar-refractivity contribution in [1.82, 2.24) is 0 Å². The highest BCUT2D eigenvalue weighted by molar-refractivity contribution is 5.85. The molecule has 1 rings (SSSR count). The highest BCUT2D eigenvalue weighted by Gasteiger charge is 2.39. The maximum atomic E-state index is 11.9. The third-order valence-electron chi connectivity index (χ3n) is 4.62. The number of aliphatic carboxylic acids is 1. The first-order valence-corrected chi connectivity index (χ1v) is 9.69. The third kappa shape index (κ3) is 9.50. The molecule has 4 atom stereocenters. The Morgan fingerprint density at radius 1 is 1.15 bits per heavy atom. The smallest absolute Gasteiger partial charge is 0.303 e. The van der Waals surface area contributed by atoms with Crippen molar-refractivity contribution in [2.45, 2.75) is 64.1 Å². The Hall–Kier alpha value is -1.98. The minimum absolute atomic E-state index is 0.0507. The quantitative estimate of drug-likeness (QED) is 0.453. The normalized spacial score (nSPS) is 24.9. The Morgan fingerprint density at radius 3 is 2.41 bits per heavy atom. The van der Waals surface area contributed by atoms with Crippen molar-refractivity contribution >= 4 is 11.8 Å². The zero-order valence-electron chi connectivity index (χ0n) is 16.0. The Morgan fingerprint density at radius 2 is 1.78 bits per heavy atom. The van der Waals surface area contributed by atoms with E-state index >= 15 is 0 Å². The van der Waals surface area contributed by atoms with Crippen molar-refractivity contribution in [3.8, 4) is 0 Å². The summed E-state index contributed by atoms with van der Waals surface area (Å²) in [5, 5.41) is 28.9. The van der Waals surface area contributed by atoms with Gasteiger partial charge in [-0.1, -0.05) is 55.5 Å². The maximum absolute atomic E-state index is 11.9. The summed E-state index contributed by atoms with van der Waals surface area (Å²) in [5.41, 5.74) is 0. The molecule has 1 saturated carbocycles. The van der Waals surface area contributed by atoms with E-state index in [1.165, 1.54) is 0 Å². The average molecular weight is 376 g/mol. The van der Waals surface area contributed by atoms with Crippen LogP contribution in [0.3, 0.4) is 0 Å². The molecular formula is C22H32O5.